The lowest BCUT2D eigenvalue weighted by Gasteiger charge is -2.07. The number of nitriles is 1. The summed E-state index contributed by atoms with van der Waals surface area (Å²) in [6, 6.07) is 17.5. The second-order valence-electron chi connectivity index (χ2n) is 5.23. The molecule has 0 fully saturated rings. The van der Waals surface area contributed by atoms with Crippen LogP contribution >= 0.6 is 11.6 Å². The number of hydrogen-bond donors (Lipinski definition) is 0. The molecule has 2 aromatic rings. The fourth-order valence-corrected chi connectivity index (χ4v) is 2.35. The zero-order chi connectivity index (χ0) is 16.5. The van der Waals surface area contributed by atoms with Gasteiger partial charge in [-0.3, -0.25) is 4.79 Å². The summed E-state index contributed by atoms with van der Waals surface area (Å²) in [6.45, 7) is 0.632. The molecule has 0 atom stereocenters. The first kappa shape index (κ1) is 17.1. The smallest absolute Gasteiger partial charge is 0.221 e. The van der Waals surface area contributed by atoms with E-state index in [9.17, 15) is 4.79 Å². The number of nitrogens with zero attached hydrogens (tertiary/aromatic N) is 1. The molecule has 0 radical (unpaired) electrons. The van der Waals surface area contributed by atoms with Crippen molar-refractivity contribution in [3.63, 3.8) is 0 Å². The summed E-state index contributed by atoms with van der Waals surface area (Å²) in [5, 5.41) is 8.54. The number of unbranched alkanes of at least 4 members (excludes halogenated alkanes) is 2. The van der Waals surface area contributed by atoms with E-state index in [2.05, 4.69) is 6.07 Å². The van der Waals surface area contributed by atoms with E-state index in [0.717, 1.165) is 36.1 Å². The number of carbonyl (C=O) groups is 1. The molecule has 4 heteroatoms. The predicted octanol–water partition coefficient (Wildman–Crippen LogP) is 4.93. The molecular weight excluding hydrogens is 310 g/mol. The van der Waals surface area contributed by atoms with Gasteiger partial charge in [0.2, 0.25) is 5.24 Å². The maximum absolute atomic E-state index is 10.6. The SMILES string of the molecule is N#Cc1ccc(-c2ccc(OCCCCCC(=O)Cl)cc2)cc1. The molecule has 0 heterocycles. The van der Waals surface area contributed by atoms with E-state index >= 15 is 0 Å². The van der Waals surface area contributed by atoms with Crippen molar-refractivity contribution in [2.24, 2.45) is 0 Å². The maximum atomic E-state index is 10.6. The van der Waals surface area contributed by atoms with Crippen molar-refractivity contribution in [1.29, 1.82) is 5.26 Å². The van der Waals surface area contributed by atoms with E-state index < -0.39 is 0 Å². The van der Waals surface area contributed by atoms with E-state index in [1.165, 1.54) is 0 Å². The second kappa shape index (κ2) is 8.97. The van der Waals surface area contributed by atoms with Crippen molar-refractivity contribution in [3.05, 3.63) is 54.1 Å². The molecule has 0 unspecified atom stereocenters. The molecule has 0 aliphatic rings. The average Bonchev–Trinajstić information content (AvgIpc) is 2.58. The Morgan fingerprint density at radius 2 is 1.57 bits per heavy atom. The van der Waals surface area contributed by atoms with Gasteiger partial charge in [-0.1, -0.05) is 24.3 Å². The quantitative estimate of drug-likeness (QED) is 0.510. The molecule has 0 aromatic heterocycles. The minimum absolute atomic E-state index is 0.274. The summed E-state index contributed by atoms with van der Waals surface area (Å²) < 4.78 is 5.68. The van der Waals surface area contributed by atoms with Gasteiger partial charge in [-0.25, -0.2) is 0 Å². The number of ether oxygens (including phenoxy) is 1. The normalized spacial score (nSPS) is 10.1. The highest BCUT2D eigenvalue weighted by Crippen LogP contribution is 2.23. The third kappa shape index (κ3) is 5.77. The van der Waals surface area contributed by atoms with Crippen LogP contribution in [0.5, 0.6) is 5.75 Å². The zero-order valence-electron chi connectivity index (χ0n) is 12.8. The number of rotatable bonds is 8. The molecule has 2 aromatic carbocycles. The van der Waals surface area contributed by atoms with Crippen molar-refractivity contribution in [1.82, 2.24) is 0 Å². The number of carbonyl (C=O) groups excluding carboxylic acids is 1. The number of hydrogen-bond acceptors (Lipinski definition) is 3. The molecule has 2 rings (SSSR count). The lowest BCUT2D eigenvalue weighted by molar-refractivity contribution is -0.111. The lowest BCUT2D eigenvalue weighted by Crippen LogP contribution is -1.97. The van der Waals surface area contributed by atoms with Crippen LogP contribution < -0.4 is 4.74 Å². The van der Waals surface area contributed by atoms with Crippen molar-refractivity contribution in [2.75, 3.05) is 6.61 Å². The number of halogens is 1. The van der Waals surface area contributed by atoms with Gasteiger partial charge in [-0.15, -0.1) is 0 Å². The third-order valence-corrected chi connectivity index (χ3v) is 3.68. The highest BCUT2D eigenvalue weighted by atomic mass is 35.5. The molecular formula is C19H18ClNO2. The Labute approximate surface area is 141 Å². The predicted molar refractivity (Wildman–Crippen MR) is 91.4 cm³/mol. The van der Waals surface area contributed by atoms with E-state index in [0.29, 0.717) is 18.6 Å². The van der Waals surface area contributed by atoms with Crippen LogP contribution in [-0.4, -0.2) is 11.8 Å². The van der Waals surface area contributed by atoms with Gasteiger partial charge in [0.1, 0.15) is 5.75 Å². The Kier molecular flexibility index (Phi) is 6.65. The van der Waals surface area contributed by atoms with Crippen LogP contribution in [0.3, 0.4) is 0 Å². The summed E-state index contributed by atoms with van der Waals surface area (Å²) >= 11 is 5.28. The third-order valence-electron chi connectivity index (χ3n) is 3.49. The molecule has 0 spiro atoms. The first-order valence-corrected chi connectivity index (χ1v) is 7.98. The van der Waals surface area contributed by atoms with Crippen LogP contribution in [0.4, 0.5) is 0 Å². The standard InChI is InChI=1S/C19H18ClNO2/c20-19(22)4-2-1-3-13-23-18-11-9-17(10-12-18)16-7-5-15(14-21)6-8-16/h5-12H,1-4,13H2. The molecule has 0 N–H and O–H groups in total. The van der Waals surface area contributed by atoms with Gasteiger partial charge in [0.15, 0.2) is 0 Å². The molecule has 0 saturated carbocycles. The first-order chi connectivity index (χ1) is 11.2. The topological polar surface area (TPSA) is 50.1 Å². The minimum Gasteiger partial charge on any atom is -0.494 e. The van der Waals surface area contributed by atoms with Gasteiger partial charge >= 0.3 is 0 Å². The largest absolute Gasteiger partial charge is 0.494 e. The average molecular weight is 328 g/mol. The van der Waals surface area contributed by atoms with Gasteiger partial charge in [-0.05, 0) is 66.3 Å². The highest BCUT2D eigenvalue weighted by Gasteiger charge is 2.00. The Morgan fingerprint density at radius 3 is 2.13 bits per heavy atom. The van der Waals surface area contributed by atoms with E-state index in [-0.39, 0.29) is 5.24 Å². The minimum atomic E-state index is -0.274. The van der Waals surface area contributed by atoms with E-state index in [1.54, 1.807) is 0 Å². The molecule has 3 nitrogen and oxygen atoms in total. The van der Waals surface area contributed by atoms with Crippen LogP contribution in [0.2, 0.25) is 0 Å². The summed E-state index contributed by atoms with van der Waals surface area (Å²) in [6.07, 6.45) is 3.08. The molecule has 0 aliphatic carbocycles. The van der Waals surface area contributed by atoms with Gasteiger partial charge in [-0.2, -0.15) is 5.26 Å². The summed E-state index contributed by atoms with van der Waals surface area (Å²) in [4.78, 5) is 10.6. The second-order valence-corrected chi connectivity index (χ2v) is 5.65. The molecule has 0 aliphatic heterocycles. The van der Waals surface area contributed by atoms with Gasteiger partial charge in [0.05, 0.1) is 18.2 Å². The monoisotopic (exact) mass is 327 g/mol. The van der Waals surface area contributed by atoms with Crippen molar-refractivity contribution < 1.29 is 9.53 Å². The molecule has 23 heavy (non-hydrogen) atoms. The summed E-state index contributed by atoms with van der Waals surface area (Å²) in [5.41, 5.74) is 2.81. The molecule has 118 valence electrons. The van der Waals surface area contributed by atoms with Crippen LogP contribution in [0.1, 0.15) is 31.2 Å². The number of benzene rings is 2. The fourth-order valence-electron chi connectivity index (χ4n) is 2.21. The van der Waals surface area contributed by atoms with Crippen LogP contribution in [0, 0.1) is 11.3 Å². The summed E-state index contributed by atoms with van der Waals surface area (Å²) in [7, 11) is 0. The van der Waals surface area contributed by atoms with Gasteiger partial charge < -0.3 is 4.74 Å². The first-order valence-electron chi connectivity index (χ1n) is 7.61. The Hall–Kier alpha value is -2.31. The van der Waals surface area contributed by atoms with Crippen molar-refractivity contribution in [2.45, 2.75) is 25.7 Å². The van der Waals surface area contributed by atoms with Gasteiger partial charge in [0.25, 0.3) is 0 Å². The fraction of sp³-hybridized carbons (Fsp3) is 0.263. The Morgan fingerprint density at radius 1 is 0.957 bits per heavy atom. The molecule has 0 bridgehead atoms. The van der Waals surface area contributed by atoms with Gasteiger partial charge in [0, 0.05) is 6.42 Å². The molecule has 0 saturated heterocycles. The van der Waals surface area contributed by atoms with Crippen LogP contribution in [0.15, 0.2) is 48.5 Å². The van der Waals surface area contributed by atoms with Crippen molar-refractivity contribution >= 4 is 16.8 Å². The van der Waals surface area contributed by atoms with E-state index in [1.807, 2.05) is 48.5 Å². The Bertz CT molecular complexity index is 672. The molecule has 0 amide bonds. The maximum Gasteiger partial charge on any atom is 0.221 e. The lowest BCUT2D eigenvalue weighted by atomic mass is 10.0. The van der Waals surface area contributed by atoms with Crippen LogP contribution in [-0.2, 0) is 4.79 Å². The van der Waals surface area contributed by atoms with Crippen LogP contribution in [0.25, 0.3) is 11.1 Å². The highest BCUT2D eigenvalue weighted by molar-refractivity contribution is 6.63. The van der Waals surface area contributed by atoms with E-state index in [4.69, 9.17) is 21.6 Å². The Balaban J connectivity index is 1.80. The van der Waals surface area contributed by atoms with Crippen molar-refractivity contribution in [3.8, 4) is 22.9 Å². The summed E-state index contributed by atoms with van der Waals surface area (Å²) in [5.74, 6) is 0.829. The zero-order valence-corrected chi connectivity index (χ0v) is 13.6.